The molecule has 0 bridgehead atoms. The molecule has 0 rings (SSSR count). The molecule has 1 amide bonds. The van der Waals surface area contributed by atoms with E-state index in [-0.39, 0.29) is 12.5 Å². The lowest BCUT2D eigenvalue weighted by Gasteiger charge is -2.31. The van der Waals surface area contributed by atoms with E-state index in [9.17, 15) is 9.59 Å². The third-order valence-corrected chi connectivity index (χ3v) is 2.00. The highest BCUT2D eigenvalue weighted by atomic mass is 16.5. The number of nitrogens with zero attached hydrogens (tertiary/aromatic N) is 1. The minimum atomic E-state index is -1.20. The first-order chi connectivity index (χ1) is 5.84. The number of ether oxygens (including phenoxy) is 1. The molecular formula is C8H15NO4. The fourth-order valence-corrected chi connectivity index (χ4v) is 0.676. The van der Waals surface area contributed by atoms with Gasteiger partial charge in [0.25, 0.3) is 0 Å². The average molecular weight is 189 g/mol. The maximum Gasteiger partial charge on any atom is 0.329 e. The molecule has 5 heteroatoms. The minimum Gasteiger partial charge on any atom is -0.480 e. The SMILES string of the molecule is COCC(=O)N(C)C(C)(C)C(=O)O. The van der Waals surface area contributed by atoms with Gasteiger partial charge in [-0.2, -0.15) is 0 Å². The van der Waals surface area contributed by atoms with Crippen molar-refractivity contribution in [3.8, 4) is 0 Å². The monoisotopic (exact) mass is 189 g/mol. The highest BCUT2D eigenvalue weighted by Crippen LogP contribution is 2.12. The Morgan fingerprint density at radius 3 is 2.23 bits per heavy atom. The van der Waals surface area contributed by atoms with E-state index >= 15 is 0 Å². The van der Waals surface area contributed by atoms with Gasteiger partial charge < -0.3 is 14.7 Å². The van der Waals surface area contributed by atoms with Crippen LogP contribution in [0, 0.1) is 0 Å². The van der Waals surface area contributed by atoms with Crippen molar-refractivity contribution in [3.05, 3.63) is 0 Å². The number of hydrogen-bond acceptors (Lipinski definition) is 3. The van der Waals surface area contributed by atoms with Crippen LogP contribution < -0.4 is 0 Å². The molecule has 0 radical (unpaired) electrons. The van der Waals surface area contributed by atoms with E-state index in [4.69, 9.17) is 5.11 Å². The van der Waals surface area contributed by atoms with Crippen molar-refractivity contribution in [1.29, 1.82) is 0 Å². The Morgan fingerprint density at radius 1 is 1.46 bits per heavy atom. The normalized spacial score (nSPS) is 11.1. The van der Waals surface area contributed by atoms with Gasteiger partial charge in [0, 0.05) is 14.2 Å². The molecule has 0 fully saturated rings. The highest BCUT2D eigenvalue weighted by molar-refractivity contribution is 5.86. The molecule has 0 aromatic heterocycles. The Balaban J connectivity index is 4.48. The van der Waals surface area contributed by atoms with Crippen molar-refractivity contribution >= 4 is 11.9 Å². The fourth-order valence-electron chi connectivity index (χ4n) is 0.676. The van der Waals surface area contributed by atoms with Gasteiger partial charge in [0.15, 0.2) is 0 Å². The molecule has 0 saturated heterocycles. The van der Waals surface area contributed by atoms with E-state index in [2.05, 4.69) is 4.74 Å². The van der Waals surface area contributed by atoms with Crippen molar-refractivity contribution in [1.82, 2.24) is 4.90 Å². The maximum absolute atomic E-state index is 11.2. The topological polar surface area (TPSA) is 66.8 Å². The van der Waals surface area contributed by atoms with Gasteiger partial charge in [-0.25, -0.2) is 4.79 Å². The second kappa shape index (κ2) is 4.23. The largest absolute Gasteiger partial charge is 0.480 e. The molecule has 0 saturated carbocycles. The zero-order valence-corrected chi connectivity index (χ0v) is 8.33. The highest BCUT2D eigenvalue weighted by Gasteiger charge is 2.34. The van der Waals surface area contributed by atoms with Gasteiger partial charge in [-0.05, 0) is 13.8 Å². The summed E-state index contributed by atoms with van der Waals surface area (Å²) in [6.45, 7) is 2.82. The number of hydrogen-bond donors (Lipinski definition) is 1. The number of carbonyl (C=O) groups is 2. The van der Waals surface area contributed by atoms with Crippen LogP contribution in [0.3, 0.4) is 0 Å². The van der Waals surface area contributed by atoms with Gasteiger partial charge in [-0.3, -0.25) is 4.79 Å². The lowest BCUT2D eigenvalue weighted by molar-refractivity contribution is -0.156. The summed E-state index contributed by atoms with van der Waals surface area (Å²) in [5.74, 6) is -1.39. The van der Waals surface area contributed by atoms with E-state index < -0.39 is 11.5 Å². The molecular weight excluding hydrogens is 174 g/mol. The molecule has 0 aromatic rings. The lowest BCUT2D eigenvalue weighted by Crippen LogP contribution is -2.51. The van der Waals surface area contributed by atoms with Crippen LogP contribution in [0.15, 0.2) is 0 Å². The maximum atomic E-state index is 11.2. The number of rotatable bonds is 4. The van der Waals surface area contributed by atoms with Crippen LogP contribution in [0.2, 0.25) is 0 Å². The number of carbonyl (C=O) groups excluding carboxylic acids is 1. The predicted octanol–water partition coefficient (Wildman–Crippen LogP) is -0.0456. The summed E-state index contributed by atoms with van der Waals surface area (Å²) in [5.41, 5.74) is -1.20. The van der Waals surface area contributed by atoms with Crippen LogP contribution in [-0.4, -0.2) is 48.2 Å². The second-order valence-corrected chi connectivity index (χ2v) is 3.25. The zero-order chi connectivity index (χ0) is 10.6. The van der Waals surface area contributed by atoms with Crippen molar-refractivity contribution < 1.29 is 19.4 Å². The standard InChI is InChI=1S/C8H15NO4/c1-8(2,7(11)12)9(3)6(10)5-13-4/h5H2,1-4H3,(H,11,12). The Bertz CT molecular complexity index is 212. The predicted molar refractivity (Wildman–Crippen MR) is 46.4 cm³/mol. The average Bonchev–Trinajstić information content (AvgIpc) is 2.03. The van der Waals surface area contributed by atoms with E-state index in [0.717, 1.165) is 4.90 Å². The first-order valence-electron chi connectivity index (χ1n) is 3.83. The summed E-state index contributed by atoms with van der Waals surface area (Å²) in [6.07, 6.45) is 0. The molecule has 0 aliphatic carbocycles. The smallest absolute Gasteiger partial charge is 0.329 e. The van der Waals surface area contributed by atoms with Gasteiger partial charge in [0.1, 0.15) is 12.1 Å². The summed E-state index contributed by atoms with van der Waals surface area (Å²) >= 11 is 0. The molecule has 13 heavy (non-hydrogen) atoms. The van der Waals surface area contributed by atoms with Gasteiger partial charge in [0.2, 0.25) is 5.91 Å². The fraction of sp³-hybridized carbons (Fsp3) is 0.750. The summed E-state index contributed by atoms with van der Waals surface area (Å²) < 4.78 is 4.62. The van der Waals surface area contributed by atoms with Crippen LogP contribution in [-0.2, 0) is 14.3 Å². The van der Waals surface area contributed by atoms with Crippen molar-refractivity contribution in [3.63, 3.8) is 0 Å². The lowest BCUT2D eigenvalue weighted by atomic mass is 10.0. The number of aliphatic carboxylic acids is 1. The second-order valence-electron chi connectivity index (χ2n) is 3.25. The number of carboxylic acid groups (broad SMARTS) is 1. The quantitative estimate of drug-likeness (QED) is 0.673. The van der Waals surface area contributed by atoms with Crippen LogP contribution in [0.1, 0.15) is 13.8 Å². The summed E-state index contributed by atoms with van der Waals surface area (Å²) in [7, 11) is 2.83. The van der Waals surface area contributed by atoms with Gasteiger partial charge in [-0.1, -0.05) is 0 Å². The molecule has 5 nitrogen and oxygen atoms in total. The van der Waals surface area contributed by atoms with Crippen molar-refractivity contribution in [2.75, 3.05) is 20.8 Å². The molecule has 0 unspecified atom stereocenters. The Hall–Kier alpha value is -1.10. The molecule has 0 aromatic carbocycles. The third-order valence-electron chi connectivity index (χ3n) is 2.00. The van der Waals surface area contributed by atoms with Gasteiger partial charge in [0.05, 0.1) is 0 Å². The van der Waals surface area contributed by atoms with Crippen LogP contribution in [0.4, 0.5) is 0 Å². The van der Waals surface area contributed by atoms with E-state index in [1.165, 1.54) is 28.0 Å². The molecule has 0 atom stereocenters. The number of carboxylic acids is 1. The molecule has 0 aliphatic heterocycles. The van der Waals surface area contributed by atoms with Crippen molar-refractivity contribution in [2.45, 2.75) is 19.4 Å². The summed E-state index contributed by atoms with van der Waals surface area (Å²) in [4.78, 5) is 23.1. The van der Waals surface area contributed by atoms with E-state index in [1.807, 2.05) is 0 Å². The number of likely N-dealkylation sites (N-methyl/N-ethyl adjacent to an activating group) is 1. The van der Waals surface area contributed by atoms with E-state index in [1.54, 1.807) is 0 Å². The zero-order valence-electron chi connectivity index (χ0n) is 8.33. The first-order valence-corrected chi connectivity index (χ1v) is 3.83. The molecule has 0 heterocycles. The van der Waals surface area contributed by atoms with Crippen molar-refractivity contribution in [2.24, 2.45) is 0 Å². The molecule has 1 N–H and O–H groups in total. The Morgan fingerprint density at radius 2 is 1.92 bits per heavy atom. The number of amides is 1. The summed E-state index contributed by atoms with van der Waals surface area (Å²) in [6, 6.07) is 0. The first kappa shape index (κ1) is 11.9. The summed E-state index contributed by atoms with van der Waals surface area (Å²) in [5, 5.41) is 8.79. The van der Waals surface area contributed by atoms with Crippen LogP contribution in [0.5, 0.6) is 0 Å². The Labute approximate surface area is 77.3 Å². The van der Waals surface area contributed by atoms with Gasteiger partial charge in [-0.15, -0.1) is 0 Å². The molecule has 0 spiro atoms. The number of methoxy groups -OCH3 is 1. The van der Waals surface area contributed by atoms with Crippen LogP contribution in [0.25, 0.3) is 0 Å². The molecule has 76 valence electrons. The third kappa shape index (κ3) is 2.69. The minimum absolute atomic E-state index is 0.104. The van der Waals surface area contributed by atoms with E-state index in [0.29, 0.717) is 0 Å². The Kier molecular flexibility index (Phi) is 3.87. The molecule has 0 aliphatic rings. The van der Waals surface area contributed by atoms with Crippen LogP contribution >= 0.6 is 0 Å². The van der Waals surface area contributed by atoms with Gasteiger partial charge >= 0.3 is 5.97 Å².